The van der Waals surface area contributed by atoms with Gasteiger partial charge in [-0.2, -0.15) is 0 Å². The van der Waals surface area contributed by atoms with E-state index in [4.69, 9.17) is 6.42 Å². The van der Waals surface area contributed by atoms with Gasteiger partial charge in [0.05, 0.1) is 0 Å². The van der Waals surface area contributed by atoms with Crippen molar-refractivity contribution in [1.29, 1.82) is 0 Å². The zero-order valence-electron chi connectivity index (χ0n) is 10.3. The average Bonchev–Trinajstić information content (AvgIpc) is 2.23. The van der Waals surface area contributed by atoms with Crippen LogP contribution in [0.4, 0.5) is 0 Å². The lowest BCUT2D eigenvalue weighted by molar-refractivity contribution is -0.0168. The predicted molar refractivity (Wildman–Crippen MR) is 66.9 cm³/mol. The van der Waals surface area contributed by atoms with Crippen molar-refractivity contribution < 1.29 is 0 Å². The van der Waals surface area contributed by atoms with Crippen LogP contribution in [0.2, 0.25) is 0 Å². The molecule has 88 valence electrons. The molecule has 0 aromatic heterocycles. The highest BCUT2D eigenvalue weighted by molar-refractivity contribution is 5.02. The van der Waals surface area contributed by atoms with E-state index in [2.05, 4.69) is 18.2 Å². The lowest BCUT2D eigenvalue weighted by Gasteiger charge is -2.55. The van der Waals surface area contributed by atoms with Gasteiger partial charge in [0.2, 0.25) is 0 Å². The molecule has 4 bridgehead atoms. The van der Waals surface area contributed by atoms with E-state index in [-0.39, 0.29) is 0 Å². The quantitative estimate of drug-likeness (QED) is 0.717. The molecule has 4 rings (SSSR count). The van der Waals surface area contributed by atoms with Crippen LogP contribution in [0.5, 0.6) is 0 Å². The Morgan fingerprint density at radius 2 is 1.69 bits per heavy atom. The van der Waals surface area contributed by atoms with Crippen molar-refractivity contribution in [3.63, 3.8) is 0 Å². The Bertz CT molecular complexity index is 273. The predicted octanol–water partition coefficient (Wildman–Crippen LogP) is 2.81. The van der Waals surface area contributed by atoms with E-state index >= 15 is 0 Å². The molecule has 16 heavy (non-hydrogen) atoms. The number of rotatable bonds is 3. The van der Waals surface area contributed by atoms with Crippen LogP contribution in [0.1, 0.15) is 45.4 Å². The Morgan fingerprint density at radius 1 is 1.12 bits per heavy atom. The smallest absolute Gasteiger partial charge is 0.0238 e. The van der Waals surface area contributed by atoms with Crippen LogP contribution in [0.3, 0.4) is 0 Å². The normalized spacial score (nSPS) is 46.6. The van der Waals surface area contributed by atoms with E-state index in [1.165, 1.54) is 25.7 Å². The molecule has 0 heterocycles. The first kappa shape index (κ1) is 10.7. The zero-order chi connectivity index (χ0) is 11.1. The second kappa shape index (κ2) is 4.08. The molecule has 0 amide bonds. The zero-order valence-corrected chi connectivity index (χ0v) is 10.3. The van der Waals surface area contributed by atoms with Crippen LogP contribution < -0.4 is 5.32 Å². The molecule has 0 aliphatic heterocycles. The molecule has 4 aliphatic carbocycles. The molecule has 4 aliphatic rings. The largest absolute Gasteiger partial charge is 0.310 e. The van der Waals surface area contributed by atoms with E-state index in [1.54, 1.807) is 6.42 Å². The lowest BCUT2D eigenvalue weighted by atomic mass is 9.54. The maximum absolute atomic E-state index is 5.39. The van der Waals surface area contributed by atoms with Crippen molar-refractivity contribution in [3.05, 3.63) is 0 Å². The summed E-state index contributed by atoms with van der Waals surface area (Å²) in [5, 5.41) is 3.82. The van der Waals surface area contributed by atoms with Gasteiger partial charge in [0.1, 0.15) is 0 Å². The molecule has 4 saturated carbocycles. The van der Waals surface area contributed by atoms with E-state index in [1.807, 2.05) is 0 Å². The van der Waals surface area contributed by atoms with Crippen molar-refractivity contribution in [2.75, 3.05) is 0 Å². The van der Waals surface area contributed by atoms with Crippen LogP contribution in [-0.4, -0.2) is 12.1 Å². The van der Waals surface area contributed by atoms with Gasteiger partial charge in [0.25, 0.3) is 0 Å². The minimum absolute atomic E-state index is 0.507. The summed E-state index contributed by atoms with van der Waals surface area (Å²) in [5.41, 5.74) is 0. The topological polar surface area (TPSA) is 12.0 Å². The molecule has 1 N–H and O–H groups in total. The first-order valence-electron chi connectivity index (χ1n) is 6.95. The monoisotopic (exact) mass is 217 g/mol. The highest BCUT2D eigenvalue weighted by atomic mass is 15.0. The third-order valence-electron chi connectivity index (χ3n) is 5.13. The molecular formula is C15H23N. The summed E-state index contributed by atoms with van der Waals surface area (Å²) in [6.45, 7) is 2.24. The molecule has 0 aromatic rings. The van der Waals surface area contributed by atoms with E-state index < -0.39 is 0 Å². The fourth-order valence-electron chi connectivity index (χ4n) is 4.76. The second-order valence-electron chi connectivity index (χ2n) is 6.43. The van der Waals surface area contributed by atoms with Gasteiger partial charge in [-0.05, 0) is 62.7 Å². The van der Waals surface area contributed by atoms with Gasteiger partial charge < -0.3 is 5.32 Å². The standard InChI is InChI=1S/C15H23N/c1-3-4-10(2)16-15-13-6-11-5-12(8-13)9-14(15)7-11/h1,10-16H,4-9H2,2H3. The summed E-state index contributed by atoms with van der Waals surface area (Å²) >= 11 is 0. The first-order chi connectivity index (χ1) is 7.76. The van der Waals surface area contributed by atoms with Gasteiger partial charge >= 0.3 is 0 Å². The maximum atomic E-state index is 5.39. The fourth-order valence-corrected chi connectivity index (χ4v) is 4.76. The first-order valence-corrected chi connectivity index (χ1v) is 6.95. The van der Waals surface area contributed by atoms with Crippen molar-refractivity contribution in [2.24, 2.45) is 23.7 Å². The molecule has 1 unspecified atom stereocenters. The van der Waals surface area contributed by atoms with Gasteiger partial charge in [-0.3, -0.25) is 0 Å². The van der Waals surface area contributed by atoms with Crippen LogP contribution in [0.25, 0.3) is 0 Å². The Labute approximate surface area is 99.4 Å². The molecule has 1 atom stereocenters. The average molecular weight is 217 g/mol. The molecular weight excluding hydrogens is 194 g/mol. The van der Waals surface area contributed by atoms with Gasteiger partial charge in [0, 0.05) is 18.5 Å². The lowest BCUT2D eigenvalue weighted by Crippen LogP contribution is -2.56. The molecule has 0 spiro atoms. The molecule has 0 aromatic carbocycles. The van der Waals surface area contributed by atoms with Gasteiger partial charge in [-0.15, -0.1) is 12.3 Å². The summed E-state index contributed by atoms with van der Waals surface area (Å²) in [6.07, 6.45) is 13.8. The Hall–Kier alpha value is -0.480. The number of terminal acetylenes is 1. The number of nitrogens with one attached hydrogen (secondary N) is 1. The molecule has 1 heteroatoms. The van der Waals surface area contributed by atoms with Gasteiger partial charge in [-0.25, -0.2) is 0 Å². The Morgan fingerprint density at radius 3 is 2.19 bits per heavy atom. The highest BCUT2D eigenvalue weighted by Crippen LogP contribution is 2.53. The summed E-state index contributed by atoms with van der Waals surface area (Å²) in [4.78, 5) is 0. The third kappa shape index (κ3) is 1.78. The number of hydrogen-bond acceptors (Lipinski definition) is 1. The summed E-state index contributed by atoms with van der Waals surface area (Å²) in [7, 11) is 0. The van der Waals surface area contributed by atoms with Gasteiger partial charge in [0.15, 0.2) is 0 Å². The molecule has 0 saturated heterocycles. The minimum atomic E-state index is 0.507. The van der Waals surface area contributed by atoms with E-state index in [0.29, 0.717) is 6.04 Å². The molecule has 1 nitrogen and oxygen atoms in total. The minimum Gasteiger partial charge on any atom is -0.310 e. The van der Waals surface area contributed by atoms with E-state index in [0.717, 1.165) is 36.1 Å². The molecule has 4 fully saturated rings. The summed E-state index contributed by atoms with van der Waals surface area (Å²) < 4.78 is 0. The van der Waals surface area contributed by atoms with Crippen molar-refractivity contribution in [1.82, 2.24) is 5.32 Å². The van der Waals surface area contributed by atoms with Crippen LogP contribution in [0, 0.1) is 36.0 Å². The van der Waals surface area contributed by atoms with Crippen molar-refractivity contribution in [3.8, 4) is 12.3 Å². The van der Waals surface area contributed by atoms with Crippen molar-refractivity contribution in [2.45, 2.75) is 57.5 Å². The second-order valence-corrected chi connectivity index (χ2v) is 6.43. The van der Waals surface area contributed by atoms with E-state index in [9.17, 15) is 0 Å². The summed E-state index contributed by atoms with van der Waals surface area (Å²) in [6, 6.07) is 1.30. The van der Waals surface area contributed by atoms with Gasteiger partial charge in [-0.1, -0.05) is 0 Å². The number of hydrogen-bond donors (Lipinski definition) is 1. The van der Waals surface area contributed by atoms with Crippen molar-refractivity contribution >= 4 is 0 Å². The van der Waals surface area contributed by atoms with Crippen LogP contribution in [0.15, 0.2) is 0 Å². The van der Waals surface area contributed by atoms with Crippen LogP contribution in [-0.2, 0) is 0 Å². The summed E-state index contributed by atoms with van der Waals surface area (Å²) in [5.74, 6) is 6.86. The molecule has 0 radical (unpaired) electrons. The highest BCUT2D eigenvalue weighted by Gasteiger charge is 2.48. The maximum Gasteiger partial charge on any atom is 0.0238 e. The van der Waals surface area contributed by atoms with Crippen LogP contribution >= 0.6 is 0 Å². The third-order valence-corrected chi connectivity index (χ3v) is 5.13. The Kier molecular flexibility index (Phi) is 2.72. The fraction of sp³-hybridized carbons (Fsp3) is 0.867. The SMILES string of the molecule is C#CCC(C)NC1C2CC3CC(C2)CC1C3. The Balaban J connectivity index is 1.66.